The van der Waals surface area contributed by atoms with Gasteiger partial charge in [0.15, 0.2) is 10.0 Å². The molecule has 6 heterocycles. The third kappa shape index (κ3) is 7.39. The molecule has 52 heavy (non-hydrogen) atoms. The van der Waals surface area contributed by atoms with E-state index in [4.69, 9.17) is 14.7 Å². The first kappa shape index (κ1) is 36.9. The molecule has 2 aliphatic heterocycles. The molecule has 6 rings (SSSR count). The van der Waals surface area contributed by atoms with Crippen molar-refractivity contribution in [3.63, 3.8) is 0 Å². The van der Waals surface area contributed by atoms with Crippen LogP contribution in [0.15, 0.2) is 24.8 Å². The summed E-state index contributed by atoms with van der Waals surface area (Å²) < 4.78 is 4.74. The van der Waals surface area contributed by atoms with E-state index in [0.29, 0.717) is 36.1 Å². The Kier molecular flexibility index (Phi) is 10.9. The first-order valence-electron chi connectivity index (χ1n) is 17.3. The number of nitrogens with one attached hydrogen (secondary N) is 3. The first-order chi connectivity index (χ1) is 24.9. The molecule has 0 saturated carbocycles. The van der Waals surface area contributed by atoms with Crippen LogP contribution in [0.2, 0.25) is 0 Å². The number of nitrogens with zero attached hydrogens (tertiary/aromatic N) is 7. The molecule has 4 aromatic rings. The van der Waals surface area contributed by atoms with Crippen LogP contribution in [0, 0.1) is 11.8 Å². The number of aromatic amines is 2. The highest BCUT2D eigenvalue weighted by Gasteiger charge is 2.40. The van der Waals surface area contributed by atoms with E-state index >= 15 is 0 Å². The number of alkyl carbamates (subject to hydrolysis) is 1. The fourth-order valence-electron chi connectivity index (χ4n) is 6.94. The summed E-state index contributed by atoms with van der Waals surface area (Å²) in [5, 5.41) is 13.7. The smallest absolute Gasteiger partial charge is 0.407 e. The van der Waals surface area contributed by atoms with Gasteiger partial charge in [-0.2, -0.15) is 0 Å². The summed E-state index contributed by atoms with van der Waals surface area (Å²) in [7, 11) is 2.71. The monoisotopic (exact) mass is 752 g/mol. The number of aromatic nitrogens is 6. The normalized spacial score (nSPS) is 18.6. The van der Waals surface area contributed by atoms with Gasteiger partial charge in [0.2, 0.25) is 11.8 Å². The quantitative estimate of drug-likeness (QED) is 0.154. The van der Waals surface area contributed by atoms with Crippen molar-refractivity contribution < 1.29 is 29.0 Å². The number of rotatable bonds is 11. The van der Waals surface area contributed by atoms with E-state index in [2.05, 4.69) is 25.3 Å². The molecular formula is C34H44N10O6S2. The number of thiazole rings is 2. The molecule has 0 bridgehead atoms. The number of hydrogen-bond donors (Lipinski definition) is 4. The van der Waals surface area contributed by atoms with Gasteiger partial charge in [0.1, 0.15) is 35.1 Å². The second kappa shape index (κ2) is 15.4. The van der Waals surface area contributed by atoms with Crippen LogP contribution in [0.25, 0.3) is 31.2 Å². The molecule has 16 nitrogen and oxygen atoms in total. The average molecular weight is 753 g/mol. The molecule has 278 valence electrons. The third-order valence-electron chi connectivity index (χ3n) is 9.59. The molecule has 4 aromatic heterocycles. The van der Waals surface area contributed by atoms with E-state index in [1.165, 1.54) is 36.8 Å². The molecule has 4 atom stereocenters. The zero-order valence-electron chi connectivity index (χ0n) is 30.0. The number of amides is 4. The highest BCUT2D eigenvalue weighted by molar-refractivity contribution is 7.24. The summed E-state index contributed by atoms with van der Waals surface area (Å²) in [6.45, 7) is 8.57. The van der Waals surface area contributed by atoms with Crippen molar-refractivity contribution in [2.75, 3.05) is 27.2 Å². The van der Waals surface area contributed by atoms with Crippen molar-refractivity contribution in [2.24, 2.45) is 11.8 Å². The van der Waals surface area contributed by atoms with E-state index in [9.17, 15) is 24.3 Å². The van der Waals surface area contributed by atoms with Gasteiger partial charge in [-0.1, -0.05) is 27.7 Å². The predicted molar refractivity (Wildman–Crippen MR) is 194 cm³/mol. The van der Waals surface area contributed by atoms with Crippen molar-refractivity contribution in [1.29, 1.82) is 0 Å². The van der Waals surface area contributed by atoms with Gasteiger partial charge in [-0.15, -0.1) is 22.7 Å². The minimum Gasteiger partial charge on any atom is -0.465 e. The maximum absolute atomic E-state index is 13.6. The summed E-state index contributed by atoms with van der Waals surface area (Å²) in [4.78, 5) is 82.5. The van der Waals surface area contributed by atoms with Gasteiger partial charge in [0.25, 0.3) is 0 Å². The lowest BCUT2D eigenvalue weighted by atomic mass is 10.0. The Hall–Kier alpha value is -4.84. The molecule has 4 N–H and O–H groups in total. The first-order valence-corrected chi connectivity index (χ1v) is 19.0. The molecule has 4 amide bonds. The Bertz CT molecular complexity index is 1920. The van der Waals surface area contributed by atoms with Crippen LogP contribution in [0.4, 0.5) is 9.59 Å². The van der Waals surface area contributed by atoms with E-state index < -0.39 is 24.3 Å². The maximum atomic E-state index is 13.6. The number of carbonyl (C=O) groups excluding carboxylic acids is 3. The predicted octanol–water partition coefficient (Wildman–Crippen LogP) is 5.39. The lowest BCUT2D eigenvalue weighted by molar-refractivity contribution is -0.138. The Balaban J connectivity index is 1.14. The molecule has 0 aliphatic carbocycles. The minimum atomic E-state index is -1.14. The zero-order valence-corrected chi connectivity index (χ0v) is 31.6. The van der Waals surface area contributed by atoms with Crippen LogP contribution in [0.3, 0.4) is 0 Å². The number of likely N-dealkylation sites (N-methyl/N-ethyl adjacent to an activating group) is 1. The van der Waals surface area contributed by atoms with Crippen molar-refractivity contribution in [2.45, 2.75) is 77.5 Å². The van der Waals surface area contributed by atoms with Crippen LogP contribution in [-0.4, -0.2) is 113 Å². The van der Waals surface area contributed by atoms with E-state index in [1.807, 2.05) is 33.9 Å². The largest absolute Gasteiger partial charge is 0.465 e. The molecular weight excluding hydrogens is 709 g/mol. The van der Waals surface area contributed by atoms with E-state index in [0.717, 1.165) is 50.4 Å². The number of methoxy groups -OCH3 is 1. The van der Waals surface area contributed by atoms with Crippen LogP contribution in [0.1, 0.15) is 77.1 Å². The van der Waals surface area contributed by atoms with Gasteiger partial charge in [0.05, 0.1) is 28.9 Å². The molecule has 0 radical (unpaired) electrons. The Morgan fingerprint density at radius 1 is 0.865 bits per heavy atom. The summed E-state index contributed by atoms with van der Waals surface area (Å²) in [5.74, 6) is 0.644. The summed E-state index contributed by atoms with van der Waals surface area (Å²) in [6.07, 6.45) is 8.47. The lowest BCUT2D eigenvalue weighted by Gasteiger charge is -2.33. The molecule has 0 spiro atoms. The van der Waals surface area contributed by atoms with Gasteiger partial charge in [-0.25, -0.2) is 29.5 Å². The van der Waals surface area contributed by atoms with Crippen LogP contribution >= 0.6 is 22.7 Å². The molecule has 0 unspecified atom stereocenters. The van der Waals surface area contributed by atoms with Gasteiger partial charge in [-0.3, -0.25) is 14.5 Å². The summed E-state index contributed by atoms with van der Waals surface area (Å²) in [5.41, 5.74) is 1.41. The number of imidazole rings is 2. The Labute approximate surface area is 309 Å². The van der Waals surface area contributed by atoms with Gasteiger partial charge < -0.3 is 34.9 Å². The molecule has 0 aromatic carbocycles. The number of likely N-dealkylation sites (tertiary alicyclic amines) is 2. The average Bonchev–Trinajstić information content (AvgIpc) is 3.96. The lowest BCUT2D eigenvalue weighted by Crippen LogP contribution is -2.51. The Morgan fingerprint density at radius 3 is 1.81 bits per heavy atom. The van der Waals surface area contributed by atoms with Crippen LogP contribution in [0.5, 0.6) is 0 Å². The van der Waals surface area contributed by atoms with Crippen molar-refractivity contribution in [3.8, 4) is 31.2 Å². The van der Waals surface area contributed by atoms with Crippen molar-refractivity contribution in [3.05, 3.63) is 36.4 Å². The summed E-state index contributed by atoms with van der Waals surface area (Å²) in [6, 6.07) is -2.01. The van der Waals surface area contributed by atoms with Crippen LogP contribution in [-0.2, 0) is 14.3 Å². The number of ether oxygens (including phenoxy) is 1. The number of carboxylic acid groups (broad SMARTS) is 1. The van der Waals surface area contributed by atoms with Crippen LogP contribution < -0.4 is 5.32 Å². The fraction of sp³-hybridized carbons (Fsp3) is 0.529. The van der Waals surface area contributed by atoms with Crippen molar-refractivity contribution in [1.82, 2.24) is 49.9 Å². The SMILES string of the molecule is COC(=O)N[C@H](C(=O)N1CCC[C@H]1c1nc(-c2cnc(-c3ncc(-c4c[nH]c([C@@H]5CCCN5C(=O)[C@H](C(C)C)N(C)C(=O)O)n4)s3)s2)c[nH]1)C(C)C. The number of carbonyl (C=O) groups is 4. The minimum absolute atomic E-state index is 0.123. The zero-order chi connectivity index (χ0) is 37.3. The highest BCUT2D eigenvalue weighted by atomic mass is 32.1. The highest BCUT2D eigenvalue weighted by Crippen LogP contribution is 2.39. The van der Waals surface area contributed by atoms with Gasteiger partial charge in [-0.05, 0) is 37.5 Å². The Morgan fingerprint density at radius 2 is 1.37 bits per heavy atom. The van der Waals surface area contributed by atoms with E-state index in [-0.39, 0.29) is 35.7 Å². The molecule has 2 aliphatic rings. The summed E-state index contributed by atoms with van der Waals surface area (Å²) >= 11 is 2.92. The molecule has 18 heteroatoms. The number of hydrogen-bond acceptors (Lipinski definition) is 11. The van der Waals surface area contributed by atoms with Gasteiger partial charge >= 0.3 is 12.2 Å². The van der Waals surface area contributed by atoms with Crippen molar-refractivity contribution >= 4 is 46.7 Å². The maximum Gasteiger partial charge on any atom is 0.407 e. The second-order valence-corrected chi connectivity index (χ2v) is 15.8. The van der Waals surface area contributed by atoms with E-state index in [1.54, 1.807) is 28.4 Å². The fourth-order valence-corrected chi connectivity index (χ4v) is 8.73. The number of H-pyrrole nitrogens is 2. The molecule has 2 saturated heterocycles. The molecule has 2 fully saturated rings. The van der Waals surface area contributed by atoms with Gasteiger partial charge in [0, 0.05) is 44.9 Å². The topological polar surface area (TPSA) is 203 Å². The third-order valence-corrected chi connectivity index (χ3v) is 11.8. The second-order valence-electron chi connectivity index (χ2n) is 13.7. The standard InChI is InChI=1S/C34H44N10O6S2/c1-17(2)25(41-33(47)50-6)31(45)43-11-7-9-21(43)27-35-13-19(39-27)23-15-37-29(51-23)30-38-16-24(52-30)20-14-36-28(40-20)22-10-8-12-44(22)32(46)26(18(3)4)42(5)34(48)49/h13-18,21-22,25-26H,7-12H2,1-6H3,(H,35,39)(H,36,40)(H,41,47)(H,48,49)/t21-,22-,25-,26-/m0/s1.